The number of nitrogens with one attached hydrogen (secondary N) is 1. The van der Waals surface area contributed by atoms with Crippen molar-refractivity contribution in [3.05, 3.63) is 16.4 Å². The lowest BCUT2D eigenvalue weighted by Gasteiger charge is -2.30. The van der Waals surface area contributed by atoms with Crippen molar-refractivity contribution in [1.29, 1.82) is 0 Å². The van der Waals surface area contributed by atoms with E-state index in [9.17, 15) is 0 Å². The van der Waals surface area contributed by atoms with Gasteiger partial charge in [0.2, 0.25) is 0 Å². The second-order valence-electron chi connectivity index (χ2n) is 6.47. The van der Waals surface area contributed by atoms with Crippen LogP contribution in [0.3, 0.4) is 0 Å². The first-order chi connectivity index (χ1) is 9.51. The molecule has 1 aromatic heterocycles. The zero-order valence-corrected chi connectivity index (χ0v) is 14.1. The van der Waals surface area contributed by atoms with Crippen molar-refractivity contribution in [1.82, 2.24) is 15.1 Å². The van der Waals surface area contributed by atoms with Crippen molar-refractivity contribution >= 4 is 11.6 Å². The summed E-state index contributed by atoms with van der Waals surface area (Å²) in [7, 11) is 2.02. The minimum Gasteiger partial charge on any atom is -0.316 e. The summed E-state index contributed by atoms with van der Waals surface area (Å²) in [5.41, 5.74) is 2.54. The Morgan fingerprint density at radius 3 is 2.60 bits per heavy atom. The van der Waals surface area contributed by atoms with E-state index in [1.165, 1.54) is 25.0 Å². The van der Waals surface area contributed by atoms with Gasteiger partial charge in [-0.3, -0.25) is 4.68 Å². The predicted molar refractivity (Wildman–Crippen MR) is 85.3 cm³/mol. The largest absolute Gasteiger partial charge is 0.316 e. The molecular weight excluding hydrogens is 270 g/mol. The lowest BCUT2D eigenvalue weighted by molar-refractivity contribution is 0.251. The van der Waals surface area contributed by atoms with Gasteiger partial charge in [-0.2, -0.15) is 5.10 Å². The monoisotopic (exact) mass is 297 g/mol. The van der Waals surface area contributed by atoms with Crippen molar-refractivity contribution < 1.29 is 0 Å². The topological polar surface area (TPSA) is 29.9 Å². The van der Waals surface area contributed by atoms with Crippen LogP contribution in [-0.4, -0.2) is 22.9 Å². The third-order valence-corrected chi connectivity index (χ3v) is 5.03. The second-order valence-corrected chi connectivity index (χ2v) is 6.84. The van der Waals surface area contributed by atoms with E-state index in [0.717, 1.165) is 42.6 Å². The van der Waals surface area contributed by atoms with Crippen LogP contribution in [0, 0.1) is 11.3 Å². The van der Waals surface area contributed by atoms with Crippen LogP contribution < -0.4 is 5.32 Å². The van der Waals surface area contributed by atoms with Crippen LogP contribution in [0.25, 0.3) is 0 Å². The second kappa shape index (κ2) is 6.48. The van der Waals surface area contributed by atoms with Crippen LogP contribution in [0.2, 0.25) is 5.02 Å². The third-order valence-electron chi connectivity index (χ3n) is 4.59. The molecule has 0 amide bonds. The molecule has 0 saturated heterocycles. The van der Waals surface area contributed by atoms with Crippen LogP contribution >= 0.6 is 11.6 Å². The molecule has 0 radical (unpaired) electrons. The first-order valence-corrected chi connectivity index (χ1v) is 8.30. The van der Waals surface area contributed by atoms with Gasteiger partial charge in [-0.05, 0) is 50.0 Å². The molecule has 1 heterocycles. The van der Waals surface area contributed by atoms with E-state index in [2.05, 4.69) is 31.2 Å². The molecule has 1 aromatic rings. The van der Waals surface area contributed by atoms with Crippen molar-refractivity contribution in [2.75, 3.05) is 13.1 Å². The Kier molecular flexibility index (Phi) is 5.14. The Hall–Kier alpha value is -0.540. The van der Waals surface area contributed by atoms with Gasteiger partial charge >= 0.3 is 0 Å². The molecule has 0 spiro atoms. The fraction of sp³-hybridized carbons (Fsp3) is 0.812. The van der Waals surface area contributed by atoms with Crippen molar-refractivity contribution in [2.45, 2.75) is 52.9 Å². The molecule has 1 saturated carbocycles. The first-order valence-electron chi connectivity index (χ1n) is 7.92. The summed E-state index contributed by atoms with van der Waals surface area (Å²) in [5, 5.41) is 9.04. The summed E-state index contributed by atoms with van der Waals surface area (Å²) in [6.07, 6.45) is 5.84. The fourth-order valence-corrected chi connectivity index (χ4v) is 3.44. The highest BCUT2D eigenvalue weighted by atomic mass is 35.5. The zero-order valence-electron chi connectivity index (χ0n) is 13.3. The van der Waals surface area contributed by atoms with Crippen LogP contribution in [0.4, 0.5) is 0 Å². The Labute approximate surface area is 128 Å². The van der Waals surface area contributed by atoms with Gasteiger partial charge in [-0.1, -0.05) is 32.4 Å². The first kappa shape index (κ1) is 15.8. The minimum absolute atomic E-state index is 0.303. The smallest absolute Gasteiger partial charge is 0.0849 e. The number of aryl methyl sites for hydroxylation is 2. The summed E-state index contributed by atoms with van der Waals surface area (Å²) in [5.74, 6) is 0.836. The summed E-state index contributed by atoms with van der Waals surface area (Å²) in [4.78, 5) is 0. The quantitative estimate of drug-likeness (QED) is 0.743. The maximum atomic E-state index is 6.52. The summed E-state index contributed by atoms with van der Waals surface area (Å²) < 4.78 is 1.99. The van der Waals surface area contributed by atoms with Crippen molar-refractivity contribution in [3.63, 3.8) is 0 Å². The SMILES string of the molecule is CCCNCC(C)(Cc1c(Cl)c(CC)nn1C)C1CC1. The van der Waals surface area contributed by atoms with Gasteiger partial charge in [-0.15, -0.1) is 0 Å². The summed E-state index contributed by atoms with van der Waals surface area (Å²) in [6, 6.07) is 0. The van der Waals surface area contributed by atoms with Crippen LogP contribution in [-0.2, 0) is 19.9 Å². The van der Waals surface area contributed by atoms with Gasteiger partial charge in [0.05, 0.1) is 16.4 Å². The molecule has 1 unspecified atom stereocenters. The Morgan fingerprint density at radius 2 is 2.10 bits per heavy atom. The van der Waals surface area contributed by atoms with E-state index in [1.54, 1.807) is 0 Å². The molecule has 0 bridgehead atoms. The standard InChI is InChI=1S/C16H28ClN3/c1-5-9-18-11-16(3,12-7-8-12)10-14-15(17)13(6-2)19-20(14)4/h12,18H,5-11H2,1-4H3. The Balaban J connectivity index is 2.13. The number of rotatable bonds is 8. The highest BCUT2D eigenvalue weighted by Gasteiger charge is 2.42. The number of hydrogen-bond donors (Lipinski definition) is 1. The molecule has 2 rings (SSSR count). The van der Waals surface area contributed by atoms with Gasteiger partial charge in [0, 0.05) is 13.6 Å². The Morgan fingerprint density at radius 1 is 1.40 bits per heavy atom. The van der Waals surface area contributed by atoms with Gasteiger partial charge in [0.15, 0.2) is 0 Å². The number of hydrogen-bond acceptors (Lipinski definition) is 2. The van der Waals surface area contributed by atoms with E-state index in [1.807, 2.05) is 11.7 Å². The molecule has 114 valence electrons. The van der Waals surface area contributed by atoms with Crippen LogP contribution in [0.5, 0.6) is 0 Å². The predicted octanol–water partition coefficient (Wildman–Crippen LogP) is 3.59. The number of halogens is 1. The molecule has 1 fully saturated rings. The molecule has 0 aliphatic heterocycles. The molecule has 1 N–H and O–H groups in total. The fourth-order valence-electron chi connectivity index (χ4n) is 3.08. The molecule has 4 heteroatoms. The third kappa shape index (κ3) is 3.37. The summed E-state index contributed by atoms with van der Waals surface area (Å²) in [6.45, 7) is 8.91. The van der Waals surface area contributed by atoms with E-state index in [4.69, 9.17) is 11.6 Å². The molecule has 1 atom stereocenters. The van der Waals surface area contributed by atoms with E-state index < -0.39 is 0 Å². The van der Waals surface area contributed by atoms with E-state index in [-0.39, 0.29) is 0 Å². The van der Waals surface area contributed by atoms with Crippen molar-refractivity contribution in [2.24, 2.45) is 18.4 Å². The molecule has 20 heavy (non-hydrogen) atoms. The van der Waals surface area contributed by atoms with E-state index in [0.29, 0.717) is 5.41 Å². The Bertz CT molecular complexity index is 451. The maximum Gasteiger partial charge on any atom is 0.0849 e. The van der Waals surface area contributed by atoms with Gasteiger partial charge in [-0.25, -0.2) is 0 Å². The van der Waals surface area contributed by atoms with Gasteiger partial charge in [0.1, 0.15) is 0 Å². The zero-order chi connectivity index (χ0) is 14.8. The number of aromatic nitrogens is 2. The van der Waals surface area contributed by atoms with Crippen LogP contribution in [0.1, 0.15) is 51.4 Å². The molecule has 1 aliphatic rings. The lowest BCUT2D eigenvalue weighted by Crippen LogP contribution is -2.36. The summed E-state index contributed by atoms with van der Waals surface area (Å²) >= 11 is 6.52. The average molecular weight is 298 g/mol. The number of nitrogens with zero attached hydrogens (tertiary/aromatic N) is 2. The van der Waals surface area contributed by atoms with E-state index >= 15 is 0 Å². The average Bonchev–Trinajstić information content (AvgIpc) is 3.23. The molecule has 0 aromatic carbocycles. The normalized spacial score (nSPS) is 18.2. The molecule has 1 aliphatic carbocycles. The molecule has 3 nitrogen and oxygen atoms in total. The van der Waals surface area contributed by atoms with Crippen LogP contribution in [0.15, 0.2) is 0 Å². The highest BCUT2D eigenvalue weighted by molar-refractivity contribution is 6.31. The van der Waals surface area contributed by atoms with Gasteiger partial charge in [0.25, 0.3) is 0 Å². The minimum atomic E-state index is 0.303. The maximum absolute atomic E-state index is 6.52. The lowest BCUT2D eigenvalue weighted by atomic mass is 9.80. The highest BCUT2D eigenvalue weighted by Crippen LogP contribution is 2.47. The van der Waals surface area contributed by atoms with Crippen molar-refractivity contribution in [3.8, 4) is 0 Å². The molecular formula is C16H28ClN3. The van der Waals surface area contributed by atoms with Gasteiger partial charge < -0.3 is 5.32 Å².